The van der Waals surface area contributed by atoms with Crippen LogP contribution in [-0.4, -0.2) is 25.5 Å². The third kappa shape index (κ3) is 3.22. The number of aryl methyl sites for hydroxylation is 1. The van der Waals surface area contributed by atoms with E-state index in [2.05, 4.69) is 4.98 Å². The molecule has 0 fully saturated rings. The summed E-state index contributed by atoms with van der Waals surface area (Å²) in [7, 11) is 0. The molecule has 0 aliphatic rings. The van der Waals surface area contributed by atoms with Crippen LogP contribution < -0.4 is 0 Å². The Labute approximate surface area is 190 Å². The van der Waals surface area contributed by atoms with Crippen LogP contribution in [0, 0.1) is 6.92 Å². The molecule has 0 atom stereocenters. The largest absolute Gasteiger partial charge is 0.503 e. The Morgan fingerprint density at radius 1 is 1.00 bits per heavy atom. The Hall–Kier alpha value is -3.13. The van der Waals surface area contributed by atoms with Gasteiger partial charge >= 0.3 is 0 Å². The van der Waals surface area contributed by atoms with Crippen LogP contribution in [0.3, 0.4) is 0 Å². The highest BCUT2D eigenvalue weighted by molar-refractivity contribution is 7.21. The van der Waals surface area contributed by atoms with Gasteiger partial charge in [-0.1, -0.05) is 59.3 Å². The van der Waals surface area contributed by atoms with Gasteiger partial charge in [0.1, 0.15) is 5.52 Å². The van der Waals surface area contributed by atoms with Crippen molar-refractivity contribution in [1.82, 2.24) is 9.55 Å². The molecule has 0 spiro atoms. The highest BCUT2D eigenvalue weighted by Gasteiger charge is 2.31. The Bertz CT molecular complexity index is 1450. The summed E-state index contributed by atoms with van der Waals surface area (Å²) in [5, 5.41) is 22.6. The maximum absolute atomic E-state index is 13.4. The summed E-state index contributed by atoms with van der Waals surface area (Å²) in [6, 6.07) is 18.2. The first kappa shape index (κ1) is 19.8. The number of hydrogen-bond donors (Lipinski definition) is 2. The number of carbonyl (C=O) groups is 1. The van der Waals surface area contributed by atoms with Crippen molar-refractivity contribution < 1.29 is 15.0 Å². The maximum Gasteiger partial charge on any atom is 0.242 e. The van der Waals surface area contributed by atoms with Crippen LogP contribution in [0.25, 0.3) is 26.6 Å². The fourth-order valence-corrected chi connectivity index (χ4v) is 5.59. The van der Waals surface area contributed by atoms with Gasteiger partial charge in [0.15, 0.2) is 10.9 Å². The van der Waals surface area contributed by atoms with Gasteiger partial charge in [-0.05, 0) is 36.8 Å². The smallest absolute Gasteiger partial charge is 0.242 e. The third-order valence-electron chi connectivity index (χ3n) is 4.91. The number of ketones is 1. The normalized spacial score (nSPS) is 11.3. The van der Waals surface area contributed by atoms with Crippen LogP contribution in [-0.2, 0) is 0 Å². The summed E-state index contributed by atoms with van der Waals surface area (Å²) in [6.45, 7) is 1.91. The van der Waals surface area contributed by atoms with Crippen molar-refractivity contribution in [2.45, 2.75) is 6.92 Å². The molecule has 0 saturated carbocycles. The quantitative estimate of drug-likeness (QED) is 0.300. The Balaban J connectivity index is 1.82. The second-order valence-electron chi connectivity index (χ2n) is 6.92. The molecule has 154 valence electrons. The fourth-order valence-electron chi connectivity index (χ4n) is 3.50. The molecule has 5 nitrogen and oxygen atoms in total. The fraction of sp³-hybridized carbons (Fsp3) is 0.0435. The van der Waals surface area contributed by atoms with Crippen LogP contribution in [0.1, 0.15) is 20.1 Å². The number of thiophene rings is 1. The van der Waals surface area contributed by atoms with Crippen molar-refractivity contribution in [3.05, 3.63) is 81.0 Å². The van der Waals surface area contributed by atoms with Crippen LogP contribution >= 0.6 is 34.3 Å². The number of thiazole rings is 1. The molecule has 0 aliphatic carbocycles. The number of halogens is 1. The number of carbonyl (C=O) groups excluding carboxylic acids is 1. The highest BCUT2D eigenvalue weighted by atomic mass is 35.5. The lowest BCUT2D eigenvalue weighted by Gasteiger charge is -2.09. The van der Waals surface area contributed by atoms with Gasteiger partial charge in [-0.3, -0.25) is 9.36 Å². The molecule has 2 aromatic carbocycles. The maximum atomic E-state index is 13.4. The summed E-state index contributed by atoms with van der Waals surface area (Å²) >= 11 is 8.94. The van der Waals surface area contributed by atoms with E-state index in [1.165, 1.54) is 27.2 Å². The van der Waals surface area contributed by atoms with E-state index in [1.807, 2.05) is 55.5 Å². The molecule has 3 aromatic heterocycles. The molecule has 0 amide bonds. The number of benzene rings is 2. The minimum atomic E-state index is -0.472. The third-order valence-corrected chi connectivity index (χ3v) is 7.22. The number of hydrogen-bond acceptors (Lipinski definition) is 6. The van der Waals surface area contributed by atoms with Gasteiger partial charge in [0, 0.05) is 4.88 Å². The van der Waals surface area contributed by atoms with E-state index in [9.17, 15) is 15.0 Å². The molecule has 0 radical (unpaired) electrons. The van der Waals surface area contributed by atoms with E-state index in [1.54, 1.807) is 12.1 Å². The van der Waals surface area contributed by atoms with Crippen molar-refractivity contribution in [2.75, 3.05) is 0 Å². The minimum Gasteiger partial charge on any atom is -0.503 e. The first-order valence-corrected chi connectivity index (χ1v) is 11.4. The topological polar surface area (TPSA) is 75.3 Å². The van der Waals surface area contributed by atoms with Gasteiger partial charge < -0.3 is 10.2 Å². The molecular weight excluding hydrogens is 452 g/mol. The van der Waals surface area contributed by atoms with Crippen molar-refractivity contribution in [3.8, 4) is 28.0 Å². The van der Waals surface area contributed by atoms with E-state index >= 15 is 0 Å². The summed E-state index contributed by atoms with van der Waals surface area (Å²) in [5.74, 6) is -1.27. The number of aromatic hydroxyl groups is 2. The van der Waals surface area contributed by atoms with Gasteiger partial charge in [0.25, 0.3) is 0 Å². The number of aromatic nitrogens is 2. The monoisotopic (exact) mass is 466 g/mol. The van der Waals surface area contributed by atoms with Crippen molar-refractivity contribution in [3.63, 3.8) is 0 Å². The lowest BCUT2D eigenvalue weighted by Crippen LogP contribution is -2.03. The molecule has 0 unspecified atom stereocenters. The lowest BCUT2D eigenvalue weighted by atomic mass is 10.0. The molecule has 5 aromatic rings. The number of para-hydroxylation sites is 1. The summed E-state index contributed by atoms with van der Waals surface area (Å²) in [4.78, 5) is 19.4. The average molecular weight is 467 g/mol. The molecular formula is C23H15ClN2O3S2. The van der Waals surface area contributed by atoms with Crippen LogP contribution in [0.5, 0.6) is 11.6 Å². The first-order chi connectivity index (χ1) is 15.0. The predicted molar refractivity (Wildman–Crippen MR) is 125 cm³/mol. The second-order valence-corrected chi connectivity index (χ2v) is 9.62. The molecule has 0 bridgehead atoms. The summed E-state index contributed by atoms with van der Waals surface area (Å²) in [5.41, 5.74) is 1.68. The van der Waals surface area contributed by atoms with E-state index in [0.717, 1.165) is 9.58 Å². The van der Waals surface area contributed by atoms with Gasteiger partial charge in [0.2, 0.25) is 11.7 Å². The Morgan fingerprint density at radius 2 is 1.77 bits per heavy atom. The van der Waals surface area contributed by atoms with E-state index < -0.39 is 11.6 Å². The first-order valence-electron chi connectivity index (χ1n) is 9.34. The molecule has 0 aliphatic heterocycles. The van der Waals surface area contributed by atoms with E-state index in [4.69, 9.17) is 11.6 Å². The van der Waals surface area contributed by atoms with E-state index in [-0.39, 0.29) is 11.3 Å². The number of nitrogens with zero attached hydrogens (tertiary/aromatic N) is 2. The van der Waals surface area contributed by atoms with Gasteiger partial charge in [-0.15, -0.1) is 11.3 Å². The Morgan fingerprint density at radius 3 is 2.45 bits per heavy atom. The molecule has 3 heterocycles. The van der Waals surface area contributed by atoms with Crippen molar-refractivity contribution >= 4 is 50.3 Å². The summed E-state index contributed by atoms with van der Waals surface area (Å²) in [6.07, 6.45) is 0. The minimum absolute atomic E-state index is 0.0379. The molecule has 2 N–H and O–H groups in total. The molecule has 5 rings (SSSR count). The van der Waals surface area contributed by atoms with Gasteiger partial charge in [-0.2, -0.15) is 0 Å². The molecule has 8 heteroatoms. The van der Waals surface area contributed by atoms with Gasteiger partial charge in [0.05, 0.1) is 25.9 Å². The average Bonchev–Trinajstić information content (AvgIpc) is 3.46. The SMILES string of the molecule is Cc1ccc(C(=O)c2c(O)c(O)n(-c3nc4c(Cl)cccc4s3)c2-c2ccccc2)s1. The molecule has 0 saturated heterocycles. The van der Waals surface area contributed by atoms with Crippen molar-refractivity contribution in [1.29, 1.82) is 0 Å². The highest BCUT2D eigenvalue weighted by Crippen LogP contribution is 2.45. The van der Waals surface area contributed by atoms with Crippen LogP contribution in [0.4, 0.5) is 0 Å². The standard InChI is InChI=1S/C23H15ClN2O3S2/c1-12-10-11-16(30-12)20(27)17-19(13-6-3-2-4-7-13)26(22(29)21(17)28)23-25-18-14(24)8-5-9-15(18)31-23/h2-11,28-29H,1H3. The molecule has 31 heavy (non-hydrogen) atoms. The zero-order valence-electron chi connectivity index (χ0n) is 16.2. The predicted octanol–water partition coefficient (Wildman–Crippen LogP) is 6.42. The lowest BCUT2D eigenvalue weighted by molar-refractivity contribution is 0.104. The number of rotatable bonds is 4. The second kappa shape index (κ2) is 7.53. The zero-order valence-corrected chi connectivity index (χ0v) is 18.6. The Kier molecular flexibility index (Phi) is 4.81. The van der Waals surface area contributed by atoms with Gasteiger partial charge in [-0.25, -0.2) is 4.98 Å². The summed E-state index contributed by atoms with van der Waals surface area (Å²) < 4.78 is 2.25. The van der Waals surface area contributed by atoms with Crippen molar-refractivity contribution in [2.24, 2.45) is 0 Å². The van der Waals surface area contributed by atoms with Crippen LogP contribution in [0.2, 0.25) is 5.02 Å². The van der Waals surface area contributed by atoms with Crippen LogP contribution in [0.15, 0.2) is 60.7 Å². The number of fused-ring (bicyclic) bond motifs is 1. The van der Waals surface area contributed by atoms with E-state index in [0.29, 0.717) is 31.8 Å². The zero-order chi connectivity index (χ0) is 21.7.